The highest BCUT2D eigenvalue weighted by atomic mass is 16.5. The molecule has 0 spiro atoms. The topological polar surface area (TPSA) is 88.2 Å². The first-order valence-electron chi connectivity index (χ1n) is 6.99. The number of aromatic nitrogens is 3. The third-order valence-corrected chi connectivity index (χ3v) is 3.15. The number of rotatable bonds is 5. The van der Waals surface area contributed by atoms with Gasteiger partial charge in [0.25, 0.3) is 0 Å². The van der Waals surface area contributed by atoms with E-state index in [1.54, 1.807) is 44.3 Å². The molecule has 1 aromatic heterocycles. The summed E-state index contributed by atoms with van der Waals surface area (Å²) >= 11 is 0. The predicted molar refractivity (Wildman–Crippen MR) is 84.4 cm³/mol. The summed E-state index contributed by atoms with van der Waals surface area (Å²) < 4.78 is 4.63. The van der Waals surface area contributed by atoms with Gasteiger partial charge in [0.05, 0.1) is 19.2 Å². The largest absolute Gasteiger partial charge is 0.465 e. The minimum Gasteiger partial charge on any atom is -0.465 e. The molecule has 0 saturated heterocycles. The van der Waals surface area contributed by atoms with Crippen LogP contribution in [0.2, 0.25) is 0 Å². The molecule has 23 heavy (non-hydrogen) atoms. The molecule has 0 saturated carbocycles. The quantitative estimate of drug-likeness (QED) is 0.668. The molecule has 0 atom stereocenters. The lowest BCUT2D eigenvalue weighted by atomic mass is 10.1. The van der Waals surface area contributed by atoms with Crippen molar-refractivity contribution < 1.29 is 14.3 Å². The number of aromatic amines is 1. The van der Waals surface area contributed by atoms with Gasteiger partial charge in [-0.25, -0.2) is 9.78 Å². The summed E-state index contributed by atoms with van der Waals surface area (Å²) in [5.74, 6) is 0.721. The monoisotopic (exact) mass is 314 g/mol. The van der Waals surface area contributed by atoms with Crippen LogP contribution in [0, 0.1) is 6.92 Å². The van der Waals surface area contributed by atoms with Crippen LogP contribution >= 0.6 is 0 Å². The predicted octanol–water partition coefficient (Wildman–Crippen LogP) is 1.57. The van der Waals surface area contributed by atoms with Gasteiger partial charge in [-0.1, -0.05) is 12.1 Å². The third kappa shape index (κ3) is 4.50. The number of benzene rings is 1. The van der Waals surface area contributed by atoms with Crippen molar-refractivity contribution in [2.24, 2.45) is 0 Å². The van der Waals surface area contributed by atoms with E-state index in [9.17, 15) is 9.59 Å². The number of nitrogens with zero attached hydrogens (tertiary/aromatic N) is 3. The number of ether oxygens (including phenoxy) is 1. The molecule has 0 unspecified atom stereocenters. The Kier molecular flexibility index (Phi) is 5.24. The zero-order valence-corrected chi connectivity index (χ0v) is 13.2. The first kappa shape index (κ1) is 16.4. The number of methoxy groups -OCH3 is 1. The zero-order valence-electron chi connectivity index (χ0n) is 13.2. The summed E-state index contributed by atoms with van der Waals surface area (Å²) in [7, 11) is 3.01. The smallest absolute Gasteiger partial charge is 0.337 e. The summed E-state index contributed by atoms with van der Waals surface area (Å²) in [6.07, 6.45) is 3.15. The van der Waals surface area contributed by atoms with Gasteiger partial charge in [-0.05, 0) is 30.7 Å². The van der Waals surface area contributed by atoms with Gasteiger partial charge >= 0.3 is 5.97 Å². The Morgan fingerprint density at radius 1 is 1.30 bits per heavy atom. The lowest BCUT2D eigenvalue weighted by Gasteiger charge is -2.12. The van der Waals surface area contributed by atoms with Crippen LogP contribution < -0.4 is 0 Å². The second-order valence-corrected chi connectivity index (χ2v) is 4.98. The summed E-state index contributed by atoms with van der Waals surface area (Å²) in [4.78, 5) is 29.1. The SMILES string of the molecule is COC(=O)c1ccc(/C=C/C(=O)N(C)Cc2n[nH]c(C)n2)cc1. The number of hydrogen-bond donors (Lipinski definition) is 1. The molecule has 1 heterocycles. The number of carbonyl (C=O) groups excluding carboxylic acids is 2. The number of nitrogens with one attached hydrogen (secondary N) is 1. The highest BCUT2D eigenvalue weighted by Gasteiger charge is 2.09. The fraction of sp³-hybridized carbons (Fsp3) is 0.250. The second-order valence-electron chi connectivity index (χ2n) is 4.98. The van der Waals surface area contributed by atoms with Gasteiger partial charge in [-0.3, -0.25) is 9.89 Å². The zero-order chi connectivity index (χ0) is 16.8. The van der Waals surface area contributed by atoms with E-state index in [1.165, 1.54) is 18.1 Å². The summed E-state index contributed by atoms with van der Waals surface area (Å²) in [6.45, 7) is 2.13. The standard InChI is InChI=1S/C16H18N4O3/c1-11-17-14(19-18-11)10-20(2)15(21)9-6-12-4-7-13(8-5-12)16(22)23-3/h4-9H,10H2,1-3H3,(H,17,18,19)/b9-6+. The van der Waals surface area contributed by atoms with Crippen LogP contribution in [0.1, 0.15) is 27.6 Å². The normalized spacial score (nSPS) is 10.7. The van der Waals surface area contributed by atoms with E-state index >= 15 is 0 Å². The van der Waals surface area contributed by atoms with E-state index in [1.807, 2.05) is 0 Å². The van der Waals surface area contributed by atoms with Crippen LogP contribution in [0.3, 0.4) is 0 Å². The molecule has 0 fully saturated rings. The van der Waals surface area contributed by atoms with Gasteiger partial charge in [-0.2, -0.15) is 5.10 Å². The van der Waals surface area contributed by atoms with Gasteiger partial charge in [-0.15, -0.1) is 0 Å². The Hall–Kier alpha value is -2.96. The molecule has 0 bridgehead atoms. The Morgan fingerprint density at radius 3 is 2.57 bits per heavy atom. The molecule has 2 aromatic rings. The van der Waals surface area contributed by atoms with Gasteiger partial charge < -0.3 is 9.64 Å². The van der Waals surface area contributed by atoms with E-state index in [0.717, 1.165) is 5.56 Å². The number of aryl methyl sites for hydroxylation is 1. The highest BCUT2D eigenvalue weighted by Crippen LogP contribution is 2.08. The van der Waals surface area contributed by atoms with E-state index in [0.29, 0.717) is 23.8 Å². The molecular weight excluding hydrogens is 296 g/mol. The minimum absolute atomic E-state index is 0.163. The van der Waals surface area contributed by atoms with E-state index in [-0.39, 0.29) is 5.91 Å². The summed E-state index contributed by atoms with van der Waals surface area (Å²) in [6, 6.07) is 6.79. The number of hydrogen-bond acceptors (Lipinski definition) is 5. The summed E-state index contributed by atoms with van der Waals surface area (Å²) in [5, 5.41) is 6.73. The molecule has 0 aliphatic carbocycles. The molecule has 0 aliphatic heterocycles. The van der Waals surface area contributed by atoms with Gasteiger partial charge in [0.2, 0.25) is 5.91 Å². The third-order valence-electron chi connectivity index (χ3n) is 3.15. The molecule has 1 aromatic carbocycles. The number of H-pyrrole nitrogens is 1. The number of esters is 1. The van der Waals surface area contributed by atoms with Crippen molar-refractivity contribution in [2.75, 3.05) is 14.2 Å². The van der Waals surface area contributed by atoms with Crippen molar-refractivity contribution in [1.82, 2.24) is 20.1 Å². The maximum absolute atomic E-state index is 12.0. The van der Waals surface area contributed by atoms with Crippen LogP contribution in [-0.2, 0) is 16.1 Å². The molecular formula is C16H18N4O3. The molecule has 120 valence electrons. The van der Waals surface area contributed by atoms with Gasteiger partial charge in [0.15, 0.2) is 5.82 Å². The number of likely N-dealkylation sites (N-methyl/N-ethyl adjacent to an activating group) is 1. The number of carbonyl (C=O) groups is 2. The van der Waals surface area contributed by atoms with Crippen molar-refractivity contribution in [3.8, 4) is 0 Å². The van der Waals surface area contributed by atoms with Crippen molar-refractivity contribution in [1.29, 1.82) is 0 Å². The Morgan fingerprint density at radius 2 is 2.00 bits per heavy atom. The van der Waals surface area contributed by atoms with E-state index in [2.05, 4.69) is 19.9 Å². The Labute approximate surface area is 134 Å². The molecule has 1 N–H and O–H groups in total. The summed E-state index contributed by atoms with van der Waals surface area (Å²) in [5.41, 5.74) is 1.28. The number of amides is 1. The van der Waals surface area contributed by atoms with Crippen LogP contribution in [0.25, 0.3) is 6.08 Å². The van der Waals surface area contributed by atoms with Crippen LogP contribution in [0.5, 0.6) is 0 Å². The van der Waals surface area contributed by atoms with Crippen LogP contribution in [-0.4, -0.2) is 46.1 Å². The second kappa shape index (κ2) is 7.35. The Bertz CT molecular complexity index is 719. The highest BCUT2D eigenvalue weighted by molar-refractivity contribution is 5.92. The minimum atomic E-state index is -0.391. The average molecular weight is 314 g/mol. The van der Waals surface area contributed by atoms with Crippen LogP contribution in [0.15, 0.2) is 30.3 Å². The van der Waals surface area contributed by atoms with Gasteiger partial charge in [0, 0.05) is 13.1 Å². The molecule has 2 rings (SSSR count). The van der Waals surface area contributed by atoms with E-state index < -0.39 is 5.97 Å². The molecule has 0 aliphatic rings. The first-order valence-corrected chi connectivity index (χ1v) is 6.99. The fourth-order valence-corrected chi connectivity index (χ4v) is 1.89. The maximum atomic E-state index is 12.0. The molecule has 7 nitrogen and oxygen atoms in total. The van der Waals surface area contributed by atoms with Crippen molar-refractivity contribution in [3.05, 3.63) is 53.1 Å². The van der Waals surface area contributed by atoms with Crippen molar-refractivity contribution >= 4 is 18.0 Å². The first-order chi connectivity index (χ1) is 11.0. The van der Waals surface area contributed by atoms with E-state index in [4.69, 9.17) is 0 Å². The van der Waals surface area contributed by atoms with Gasteiger partial charge in [0.1, 0.15) is 5.82 Å². The Balaban J connectivity index is 1.95. The average Bonchev–Trinajstić information content (AvgIpc) is 2.97. The van der Waals surface area contributed by atoms with Crippen molar-refractivity contribution in [2.45, 2.75) is 13.5 Å². The van der Waals surface area contributed by atoms with Crippen LogP contribution in [0.4, 0.5) is 0 Å². The molecule has 0 radical (unpaired) electrons. The lowest BCUT2D eigenvalue weighted by Crippen LogP contribution is -2.24. The maximum Gasteiger partial charge on any atom is 0.337 e. The lowest BCUT2D eigenvalue weighted by molar-refractivity contribution is -0.125. The molecule has 7 heteroatoms. The fourth-order valence-electron chi connectivity index (χ4n) is 1.89. The molecule has 1 amide bonds. The van der Waals surface area contributed by atoms with Crippen molar-refractivity contribution in [3.63, 3.8) is 0 Å².